The normalized spacial score (nSPS) is 12.4. The summed E-state index contributed by atoms with van der Waals surface area (Å²) in [6.45, 7) is 1.51. The van der Waals surface area contributed by atoms with Crippen LogP contribution in [0, 0.1) is 0 Å². The van der Waals surface area contributed by atoms with E-state index in [9.17, 15) is 13.2 Å². The Hall–Kier alpha value is -2.95. The second kappa shape index (κ2) is 9.24. The molecule has 1 atom stereocenters. The number of amides is 1. The van der Waals surface area contributed by atoms with E-state index < -0.39 is 22.0 Å². The smallest absolute Gasteiger partial charge is 0.241 e. The maximum absolute atomic E-state index is 12.4. The predicted molar refractivity (Wildman–Crippen MR) is 111 cm³/mol. The Morgan fingerprint density at radius 2 is 1.83 bits per heavy atom. The Morgan fingerprint density at radius 3 is 2.47 bits per heavy atom. The molecule has 1 heterocycles. The zero-order valence-corrected chi connectivity index (χ0v) is 17.8. The van der Waals surface area contributed by atoms with Gasteiger partial charge in [-0.25, -0.2) is 13.4 Å². The van der Waals surface area contributed by atoms with Crippen LogP contribution in [0.15, 0.2) is 53.4 Å². The van der Waals surface area contributed by atoms with Crippen molar-refractivity contribution in [1.29, 1.82) is 0 Å². The summed E-state index contributed by atoms with van der Waals surface area (Å²) < 4.78 is 32.2. The number of aromatic amines is 1. The molecule has 2 aromatic carbocycles. The van der Waals surface area contributed by atoms with Gasteiger partial charge in [0.25, 0.3) is 0 Å². The number of carbonyl (C=O) groups excluding carboxylic acids is 1. The number of methoxy groups -OCH3 is 1. The zero-order chi connectivity index (χ0) is 21.7. The molecule has 0 aliphatic heterocycles. The van der Waals surface area contributed by atoms with E-state index in [-0.39, 0.29) is 11.4 Å². The molecule has 3 rings (SSSR count). The lowest BCUT2D eigenvalue weighted by Crippen LogP contribution is -2.44. The van der Waals surface area contributed by atoms with Gasteiger partial charge in [-0.2, -0.15) is 9.82 Å². The quantitative estimate of drug-likeness (QED) is 0.483. The summed E-state index contributed by atoms with van der Waals surface area (Å²) in [5.41, 5.74) is 0.786. The summed E-state index contributed by atoms with van der Waals surface area (Å²) in [6.07, 6.45) is 0. The highest BCUT2D eigenvalue weighted by Crippen LogP contribution is 2.19. The summed E-state index contributed by atoms with van der Waals surface area (Å²) >= 11 is 5.77. The van der Waals surface area contributed by atoms with Crippen molar-refractivity contribution in [3.8, 4) is 17.1 Å². The highest BCUT2D eigenvalue weighted by atomic mass is 35.5. The van der Waals surface area contributed by atoms with Gasteiger partial charge in [0.1, 0.15) is 11.6 Å². The molecule has 0 spiro atoms. The molecule has 0 aliphatic carbocycles. The topological polar surface area (TPSA) is 126 Å². The molecule has 0 bridgehead atoms. The van der Waals surface area contributed by atoms with Crippen LogP contribution in [0.5, 0.6) is 5.75 Å². The zero-order valence-electron chi connectivity index (χ0n) is 16.2. The number of hydrogen-bond acceptors (Lipinski definition) is 6. The third-order valence-electron chi connectivity index (χ3n) is 4.16. The van der Waals surface area contributed by atoms with Crippen LogP contribution in [0.4, 0.5) is 0 Å². The summed E-state index contributed by atoms with van der Waals surface area (Å²) in [5, 5.41) is 9.91. The van der Waals surface area contributed by atoms with Crippen molar-refractivity contribution in [3.05, 3.63) is 59.4 Å². The number of hydrogen-bond donors (Lipinski definition) is 3. The molecule has 1 amide bonds. The molecule has 3 aromatic rings. The number of nitrogens with one attached hydrogen (secondary N) is 3. The van der Waals surface area contributed by atoms with Crippen molar-refractivity contribution in [2.45, 2.75) is 24.4 Å². The van der Waals surface area contributed by atoms with Crippen LogP contribution >= 0.6 is 11.6 Å². The molecule has 0 saturated carbocycles. The highest BCUT2D eigenvalue weighted by Gasteiger charge is 2.22. The van der Waals surface area contributed by atoms with E-state index in [1.807, 2.05) is 12.1 Å². The van der Waals surface area contributed by atoms with E-state index in [1.54, 1.807) is 19.2 Å². The lowest BCUT2D eigenvalue weighted by atomic mass is 10.2. The first kappa shape index (κ1) is 21.8. The molecular weight excluding hydrogens is 430 g/mol. The molecule has 0 fully saturated rings. The van der Waals surface area contributed by atoms with Crippen molar-refractivity contribution >= 4 is 27.5 Å². The SMILES string of the molecule is COc1ccc(-c2n[nH]c(CNC(=O)[C@H](C)NS(=O)(=O)c3ccc(Cl)cc3)n2)cc1. The van der Waals surface area contributed by atoms with Crippen LogP contribution in [-0.4, -0.2) is 42.7 Å². The van der Waals surface area contributed by atoms with Crippen LogP contribution < -0.4 is 14.8 Å². The first-order valence-corrected chi connectivity index (χ1v) is 10.8. The molecular formula is C19H20ClN5O4S. The van der Waals surface area contributed by atoms with E-state index in [1.165, 1.54) is 31.2 Å². The van der Waals surface area contributed by atoms with Crippen molar-refractivity contribution in [3.63, 3.8) is 0 Å². The minimum absolute atomic E-state index is 0.0194. The third-order valence-corrected chi connectivity index (χ3v) is 5.97. The van der Waals surface area contributed by atoms with Gasteiger partial charge in [0, 0.05) is 10.6 Å². The first-order chi connectivity index (χ1) is 14.3. The average Bonchev–Trinajstić information content (AvgIpc) is 3.21. The maximum atomic E-state index is 12.4. The Morgan fingerprint density at radius 1 is 1.17 bits per heavy atom. The molecule has 3 N–H and O–H groups in total. The lowest BCUT2D eigenvalue weighted by molar-refractivity contribution is -0.122. The van der Waals surface area contributed by atoms with Gasteiger partial charge in [0.15, 0.2) is 5.82 Å². The minimum Gasteiger partial charge on any atom is -0.497 e. The van der Waals surface area contributed by atoms with Crippen molar-refractivity contribution in [2.75, 3.05) is 7.11 Å². The number of rotatable bonds is 8. The van der Waals surface area contributed by atoms with Gasteiger partial charge in [0.2, 0.25) is 15.9 Å². The fourth-order valence-electron chi connectivity index (χ4n) is 2.54. The van der Waals surface area contributed by atoms with Gasteiger partial charge in [-0.1, -0.05) is 11.6 Å². The van der Waals surface area contributed by atoms with Gasteiger partial charge in [-0.05, 0) is 55.5 Å². The number of halogens is 1. The number of nitrogens with zero attached hydrogens (tertiary/aromatic N) is 2. The summed E-state index contributed by atoms with van der Waals surface area (Å²) in [5.74, 6) is 1.12. The third kappa shape index (κ3) is 5.35. The Balaban J connectivity index is 1.57. The summed E-state index contributed by atoms with van der Waals surface area (Å²) in [7, 11) is -2.27. The van der Waals surface area contributed by atoms with Gasteiger partial charge in [-0.15, -0.1) is 0 Å². The van der Waals surface area contributed by atoms with E-state index in [4.69, 9.17) is 16.3 Å². The second-order valence-corrected chi connectivity index (χ2v) is 8.50. The van der Waals surface area contributed by atoms with Crippen molar-refractivity contribution in [1.82, 2.24) is 25.2 Å². The molecule has 11 heteroatoms. The molecule has 0 radical (unpaired) electrons. The highest BCUT2D eigenvalue weighted by molar-refractivity contribution is 7.89. The molecule has 158 valence electrons. The predicted octanol–water partition coefficient (Wildman–Crippen LogP) is 2.12. The number of benzene rings is 2. The monoisotopic (exact) mass is 449 g/mol. The standard InChI is InChI=1S/C19H20ClN5O4S/c1-12(25-30(27,28)16-9-5-14(20)6-10-16)19(26)21-11-17-22-18(24-23-17)13-3-7-15(29-2)8-4-13/h3-10,12,25H,11H2,1-2H3,(H,21,26)(H,22,23,24)/t12-/m0/s1. The van der Waals surface area contributed by atoms with Crippen LogP contribution in [0.25, 0.3) is 11.4 Å². The molecule has 30 heavy (non-hydrogen) atoms. The number of carbonyl (C=O) groups is 1. The Bertz CT molecular complexity index is 1110. The Kier molecular flexibility index (Phi) is 6.70. The first-order valence-electron chi connectivity index (χ1n) is 8.90. The average molecular weight is 450 g/mol. The molecule has 9 nitrogen and oxygen atoms in total. The maximum Gasteiger partial charge on any atom is 0.241 e. The van der Waals surface area contributed by atoms with Crippen LogP contribution in [0.2, 0.25) is 5.02 Å². The molecule has 1 aromatic heterocycles. The van der Waals surface area contributed by atoms with Crippen LogP contribution in [-0.2, 0) is 21.4 Å². The molecule has 0 unspecified atom stereocenters. The minimum atomic E-state index is -3.86. The van der Waals surface area contributed by atoms with Crippen molar-refractivity contribution in [2.24, 2.45) is 0 Å². The van der Waals surface area contributed by atoms with Crippen LogP contribution in [0.3, 0.4) is 0 Å². The van der Waals surface area contributed by atoms with Crippen LogP contribution in [0.1, 0.15) is 12.7 Å². The summed E-state index contributed by atoms with van der Waals surface area (Å²) in [6, 6.07) is 11.9. The van der Waals surface area contributed by atoms with Gasteiger partial charge in [0.05, 0.1) is 24.6 Å². The van der Waals surface area contributed by atoms with Gasteiger partial charge < -0.3 is 10.1 Å². The molecule has 0 aliphatic rings. The number of sulfonamides is 1. The van der Waals surface area contributed by atoms with Crippen molar-refractivity contribution < 1.29 is 17.9 Å². The number of aromatic nitrogens is 3. The fraction of sp³-hybridized carbons (Fsp3) is 0.211. The second-order valence-electron chi connectivity index (χ2n) is 6.35. The largest absolute Gasteiger partial charge is 0.497 e. The van der Waals surface area contributed by atoms with Gasteiger partial charge in [-0.3, -0.25) is 9.89 Å². The fourth-order valence-corrected chi connectivity index (χ4v) is 3.86. The number of H-pyrrole nitrogens is 1. The Labute approximate surface area is 178 Å². The lowest BCUT2D eigenvalue weighted by Gasteiger charge is -2.14. The van der Waals surface area contributed by atoms with E-state index in [0.29, 0.717) is 16.7 Å². The van der Waals surface area contributed by atoms with E-state index >= 15 is 0 Å². The van der Waals surface area contributed by atoms with Gasteiger partial charge >= 0.3 is 0 Å². The summed E-state index contributed by atoms with van der Waals surface area (Å²) in [4.78, 5) is 16.6. The number of ether oxygens (including phenoxy) is 1. The van der Waals surface area contributed by atoms with E-state index in [0.717, 1.165) is 11.3 Å². The molecule has 0 saturated heterocycles. The van der Waals surface area contributed by atoms with E-state index in [2.05, 4.69) is 25.2 Å².